The van der Waals surface area contributed by atoms with Crippen LogP contribution < -0.4 is 10.9 Å². The molecule has 8 heteroatoms. The van der Waals surface area contributed by atoms with Gasteiger partial charge in [0.15, 0.2) is 0 Å². The normalized spacial score (nSPS) is 12.8. The Balaban J connectivity index is 1.76. The van der Waals surface area contributed by atoms with Gasteiger partial charge in [0.2, 0.25) is 0 Å². The molecule has 2 atom stereocenters. The predicted octanol–water partition coefficient (Wildman–Crippen LogP) is 1.79. The number of carboxylic acids is 1. The first-order valence-electron chi connectivity index (χ1n) is 9.53. The number of amides is 1. The summed E-state index contributed by atoms with van der Waals surface area (Å²) in [7, 11) is 0. The molecule has 0 radical (unpaired) electrons. The number of H-pyrrole nitrogens is 2. The smallest absolute Gasteiger partial charge is 0.308 e. The van der Waals surface area contributed by atoms with Crippen molar-refractivity contribution in [3.05, 3.63) is 82.3 Å². The molecule has 0 unspecified atom stereocenters. The summed E-state index contributed by atoms with van der Waals surface area (Å²) in [4.78, 5) is 35.0. The Labute approximate surface area is 172 Å². The quantitative estimate of drug-likeness (QED) is 0.367. The SMILES string of the molecule is O=C(N[C@H](Cc1ccc(-c2ccccc2)cc1)C[C@@H](CO)C(=O)O)c1cc(=O)[nH][nH]1. The molecule has 3 aromatic rings. The number of benzene rings is 2. The molecule has 5 N–H and O–H groups in total. The molecular formula is C22H23N3O5. The summed E-state index contributed by atoms with van der Waals surface area (Å²) >= 11 is 0. The van der Waals surface area contributed by atoms with Gasteiger partial charge in [0.05, 0.1) is 12.5 Å². The summed E-state index contributed by atoms with van der Waals surface area (Å²) in [6.45, 7) is -0.532. The van der Waals surface area contributed by atoms with Crippen LogP contribution in [-0.2, 0) is 11.2 Å². The fraction of sp³-hybridized carbons (Fsp3) is 0.227. The molecule has 0 fully saturated rings. The van der Waals surface area contributed by atoms with Crippen molar-refractivity contribution in [2.24, 2.45) is 5.92 Å². The first-order valence-corrected chi connectivity index (χ1v) is 9.53. The van der Waals surface area contributed by atoms with E-state index in [1.165, 1.54) is 0 Å². The maximum atomic E-state index is 12.4. The number of aromatic nitrogens is 2. The van der Waals surface area contributed by atoms with E-state index >= 15 is 0 Å². The second kappa shape index (κ2) is 9.71. The summed E-state index contributed by atoms with van der Waals surface area (Å²) in [5, 5.41) is 26.2. The number of carbonyl (C=O) groups is 2. The lowest BCUT2D eigenvalue weighted by atomic mass is 9.94. The number of aliphatic carboxylic acids is 1. The highest BCUT2D eigenvalue weighted by Crippen LogP contribution is 2.20. The van der Waals surface area contributed by atoms with E-state index < -0.39 is 36.0 Å². The van der Waals surface area contributed by atoms with Gasteiger partial charge in [0.1, 0.15) is 5.69 Å². The monoisotopic (exact) mass is 409 g/mol. The van der Waals surface area contributed by atoms with Crippen molar-refractivity contribution in [2.75, 3.05) is 6.61 Å². The van der Waals surface area contributed by atoms with E-state index in [4.69, 9.17) is 0 Å². The van der Waals surface area contributed by atoms with Crippen molar-refractivity contribution in [3.8, 4) is 11.1 Å². The summed E-state index contributed by atoms with van der Waals surface area (Å²) < 4.78 is 0. The number of aliphatic hydroxyl groups excluding tert-OH is 1. The zero-order chi connectivity index (χ0) is 21.5. The first kappa shape index (κ1) is 21.1. The third kappa shape index (κ3) is 5.45. The van der Waals surface area contributed by atoms with Crippen LogP contribution in [0.3, 0.4) is 0 Å². The van der Waals surface area contributed by atoms with Crippen LogP contribution in [0.2, 0.25) is 0 Å². The molecule has 0 bridgehead atoms. The average Bonchev–Trinajstić information content (AvgIpc) is 3.19. The van der Waals surface area contributed by atoms with Gasteiger partial charge >= 0.3 is 5.97 Å². The van der Waals surface area contributed by atoms with Crippen LogP contribution in [0.15, 0.2) is 65.5 Å². The lowest BCUT2D eigenvalue weighted by Gasteiger charge is -2.21. The van der Waals surface area contributed by atoms with Gasteiger partial charge in [0.25, 0.3) is 11.5 Å². The van der Waals surface area contributed by atoms with Gasteiger partial charge in [-0.3, -0.25) is 24.6 Å². The molecule has 0 aliphatic rings. The van der Waals surface area contributed by atoms with Crippen LogP contribution in [0.4, 0.5) is 0 Å². The molecule has 156 valence electrons. The number of carbonyl (C=O) groups excluding carboxylic acids is 1. The van der Waals surface area contributed by atoms with Crippen molar-refractivity contribution in [3.63, 3.8) is 0 Å². The molecule has 3 rings (SSSR count). The molecule has 1 amide bonds. The second-order valence-corrected chi connectivity index (χ2v) is 7.06. The predicted molar refractivity (Wildman–Crippen MR) is 111 cm³/mol. The van der Waals surface area contributed by atoms with E-state index in [0.717, 1.165) is 22.8 Å². The van der Waals surface area contributed by atoms with E-state index in [2.05, 4.69) is 15.5 Å². The van der Waals surface area contributed by atoms with E-state index in [1.54, 1.807) is 0 Å². The van der Waals surface area contributed by atoms with Gasteiger partial charge < -0.3 is 15.5 Å². The zero-order valence-electron chi connectivity index (χ0n) is 16.2. The van der Waals surface area contributed by atoms with E-state index in [0.29, 0.717) is 6.42 Å². The number of aromatic amines is 2. The summed E-state index contributed by atoms with van der Waals surface area (Å²) in [6.07, 6.45) is 0.423. The van der Waals surface area contributed by atoms with E-state index in [9.17, 15) is 24.6 Å². The number of rotatable bonds is 9. The topological polar surface area (TPSA) is 135 Å². The van der Waals surface area contributed by atoms with Crippen molar-refractivity contribution < 1.29 is 19.8 Å². The molecule has 0 aliphatic carbocycles. The Hall–Kier alpha value is -3.65. The number of hydrogen-bond donors (Lipinski definition) is 5. The Kier molecular flexibility index (Phi) is 6.82. The number of aliphatic hydroxyl groups is 1. The average molecular weight is 409 g/mol. The van der Waals surface area contributed by atoms with Crippen molar-refractivity contribution in [1.82, 2.24) is 15.5 Å². The first-order chi connectivity index (χ1) is 14.5. The second-order valence-electron chi connectivity index (χ2n) is 7.06. The zero-order valence-corrected chi connectivity index (χ0v) is 16.2. The van der Waals surface area contributed by atoms with Crippen LogP contribution in [0.5, 0.6) is 0 Å². The molecule has 0 spiro atoms. The molecule has 1 aromatic heterocycles. The fourth-order valence-corrected chi connectivity index (χ4v) is 3.26. The minimum Gasteiger partial charge on any atom is -0.481 e. The van der Waals surface area contributed by atoms with Gasteiger partial charge in [0, 0.05) is 12.1 Å². The largest absolute Gasteiger partial charge is 0.481 e. The van der Waals surface area contributed by atoms with Crippen LogP contribution in [0.1, 0.15) is 22.5 Å². The third-order valence-corrected chi connectivity index (χ3v) is 4.86. The molecule has 0 saturated heterocycles. The highest BCUT2D eigenvalue weighted by Gasteiger charge is 2.24. The molecule has 0 saturated carbocycles. The van der Waals surface area contributed by atoms with Crippen molar-refractivity contribution in [1.29, 1.82) is 0 Å². The summed E-state index contributed by atoms with van der Waals surface area (Å²) in [6, 6.07) is 18.2. The minimum atomic E-state index is -1.13. The maximum Gasteiger partial charge on any atom is 0.308 e. The number of nitrogens with one attached hydrogen (secondary N) is 3. The Morgan fingerprint density at radius 3 is 2.20 bits per heavy atom. The van der Waals surface area contributed by atoms with Gasteiger partial charge in [-0.15, -0.1) is 0 Å². The van der Waals surface area contributed by atoms with E-state index in [1.807, 2.05) is 54.6 Å². The van der Waals surface area contributed by atoms with Gasteiger partial charge in [-0.2, -0.15) is 0 Å². The molecule has 2 aromatic carbocycles. The summed E-state index contributed by atoms with van der Waals surface area (Å²) in [5.41, 5.74) is 2.65. The van der Waals surface area contributed by atoms with Gasteiger partial charge in [-0.25, -0.2) is 0 Å². The van der Waals surface area contributed by atoms with Crippen LogP contribution in [0.25, 0.3) is 11.1 Å². The highest BCUT2D eigenvalue weighted by molar-refractivity contribution is 5.92. The molecule has 8 nitrogen and oxygen atoms in total. The minimum absolute atomic E-state index is 0.0483. The Morgan fingerprint density at radius 2 is 1.63 bits per heavy atom. The molecule has 30 heavy (non-hydrogen) atoms. The summed E-state index contributed by atoms with van der Waals surface area (Å²) in [5.74, 6) is -2.67. The van der Waals surface area contributed by atoms with Crippen LogP contribution >= 0.6 is 0 Å². The third-order valence-electron chi connectivity index (χ3n) is 4.86. The fourth-order valence-electron chi connectivity index (χ4n) is 3.26. The number of hydrogen-bond acceptors (Lipinski definition) is 4. The van der Waals surface area contributed by atoms with E-state index in [-0.39, 0.29) is 12.1 Å². The van der Waals surface area contributed by atoms with Gasteiger partial charge in [-0.05, 0) is 29.5 Å². The molecule has 1 heterocycles. The maximum absolute atomic E-state index is 12.4. The molecular weight excluding hydrogens is 386 g/mol. The standard InChI is InChI=1S/C22H23N3O5/c26-13-17(22(29)30)11-18(23-21(28)19-12-20(27)25-24-19)10-14-6-8-16(9-7-14)15-4-2-1-3-5-15/h1-9,12,17-18,26H,10-11,13H2,(H,23,28)(H,29,30)(H2,24,25,27)/t17-,18+/m0/s1. The van der Waals surface area contributed by atoms with Crippen LogP contribution in [0, 0.1) is 5.92 Å². The number of carboxylic acid groups (broad SMARTS) is 1. The molecule has 0 aliphatic heterocycles. The van der Waals surface area contributed by atoms with Crippen molar-refractivity contribution >= 4 is 11.9 Å². The van der Waals surface area contributed by atoms with Crippen LogP contribution in [-0.4, -0.2) is 44.9 Å². The van der Waals surface area contributed by atoms with Gasteiger partial charge in [-0.1, -0.05) is 54.6 Å². The lowest BCUT2D eigenvalue weighted by Crippen LogP contribution is -2.40. The highest BCUT2D eigenvalue weighted by atomic mass is 16.4. The Morgan fingerprint density at radius 1 is 0.967 bits per heavy atom. The van der Waals surface area contributed by atoms with Crippen molar-refractivity contribution in [2.45, 2.75) is 18.9 Å². The lowest BCUT2D eigenvalue weighted by molar-refractivity contribution is -0.143. The Bertz CT molecular complexity index is 1040.